The summed E-state index contributed by atoms with van der Waals surface area (Å²) in [6.45, 7) is 2.41. The van der Waals surface area contributed by atoms with Gasteiger partial charge in [0.25, 0.3) is 5.89 Å². The highest BCUT2D eigenvalue weighted by atomic mass is 35.5. The Bertz CT molecular complexity index is 935. The number of nitrogens with zero attached hydrogens (tertiary/aromatic N) is 2. The summed E-state index contributed by atoms with van der Waals surface area (Å²) in [6.07, 6.45) is 2.99. The van der Waals surface area contributed by atoms with Crippen LogP contribution in [0.15, 0.2) is 59.1 Å². The van der Waals surface area contributed by atoms with Crippen molar-refractivity contribution in [2.45, 2.75) is 13.5 Å². The van der Waals surface area contributed by atoms with Crippen molar-refractivity contribution in [3.05, 3.63) is 71.1 Å². The van der Waals surface area contributed by atoms with E-state index in [2.05, 4.69) is 10.1 Å². The van der Waals surface area contributed by atoms with Gasteiger partial charge < -0.3 is 14.0 Å². The van der Waals surface area contributed by atoms with E-state index in [1.54, 1.807) is 18.2 Å². The lowest BCUT2D eigenvalue weighted by Crippen LogP contribution is -2.01. The van der Waals surface area contributed by atoms with E-state index in [1.165, 1.54) is 6.08 Å². The minimum absolute atomic E-state index is 0.121. The summed E-state index contributed by atoms with van der Waals surface area (Å²) in [6, 6.07) is 14.5. The Labute approximate surface area is 161 Å². The lowest BCUT2D eigenvalue weighted by Gasteiger charge is -2.02. The molecule has 138 valence electrons. The van der Waals surface area contributed by atoms with Crippen LogP contribution in [0.4, 0.5) is 0 Å². The van der Waals surface area contributed by atoms with Gasteiger partial charge in [-0.3, -0.25) is 0 Å². The minimum atomic E-state index is -0.513. The number of carbonyl (C=O) groups excluding carboxylic acids is 1. The molecule has 0 radical (unpaired) electrons. The quantitative estimate of drug-likeness (QED) is 0.439. The fourth-order valence-corrected chi connectivity index (χ4v) is 2.47. The van der Waals surface area contributed by atoms with Crippen molar-refractivity contribution < 1.29 is 18.8 Å². The molecular weight excluding hydrogens is 368 g/mol. The normalized spacial score (nSPS) is 10.9. The first-order valence-electron chi connectivity index (χ1n) is 8.31. The number of hydrogen-bond acceptors (Lipinski definition) is 6. The zero-order chi connectivity index (χ0) is 19.1. The predicted molar refractivity (Wildman–Crippen MR) is 101 cm³/mol. The van der Waals surface area contributed by atoms with E-state index in [4.69, 9.17) is 25.6 Å². The molecule has 2 aromatic carbocycles. The van der Waals surface area contributed by atoms with Crippen LogP contribution in [0.5, 0.6) is 5.75 Å². The van der Waals surface area contributed by atoms with Crippen molar-refractivity contribution in [1.29, 1.82) is 0 Å². The zero-order valence-corrected chi connectivity index (χ0v) is 15.3. The maximum absolute atomic E-state index is 11.8. The number of esters is 1. The van der Waals surface area contributed by atoms with Gasteiger partial charge in [-0.2, -0.15) is 4.98 Å². The standard InChI is InChI=1S/C20H17ClN2O4/c1-2-25-15-10-7-14(8-11-15)9-12-19(24)26-13-18-22-20(23-27-18)16-5-3-4-6-17(16)21/h3-12H,2,13H2,1H3/b12-9+. The molecule has 0 spiro atoms. The minimum Gasteiger partial charge on any atom is -0.494 e. The fourth-order valence-electron chi connectivity index (χ4n) is 2.25. The molecule has 0 saturated heterocycles. The molecule has 0 aliphatic rings. The maximum atomic E-state index is 11.8. The molecule has 3 rings (SSSR count). The van der Waals surface area contributed by atoms with Crippen LogP contribution in [0.2, 0.25) is 5.02 Å². The summed E-state index contributed by atoms with van der Waals surface area (Å²) in [7, 11) is 0. The summed E-state index contributed by atoms with van der Waals surface area (Å²) in [5, 5.41) is 4.36. The molecule has 0 bridgehead atoms. The molecule has 0 atom stereocenters. The average Bonchev–Trinajstić information content (AvgIpc) is 3.15. The van der Waals surface area contributed by atoms with Gasteiger partial charge in [-0.1, -0.05) is 41.0 Å². The third kappa shape index (κ3) is 5.18. The molecule has 3 aromatic rings. The van der Waals surface area contributed by atoms with Crippen LogP contribution in [0.25, 0.3) is 17.5 Å². The molecule has 0 unspecified atom stereocenters. The van der Waals surface area contributed by atoms with Gasteiger partial charge in [0.1, 0.15) is 5.75 Å². The second kappa shape index (κ2) is 9.00. The SMILES string of the molecule is CCOc1ccc(/C=C/C(=O)OCc2nc(-c3ccccc3Cl)no2)cc1. The van der Waals surface area contributed by atoms with Crippen molar-refractivity contribution in [3.63, 3.8) is 0 Å². The number of aromatic nitrogens is 2. The molecule has 1 aromatic heterocycles. The second-order valence-corrected chi connectivity index (χ2v) is 5.84. The monoisotopic (exact) mass is 384 g/mol. The van der Waals surface area contributed by atoms with Gasteiger partial charge in [0.15, 0.2) is 6.61 Å². The first-order chi connectivity index (χ1) is 13.2. The van der Waals surface area contributed by atoms with Gasteiger partial charge in [0, 0.05) is 11.6 Å². The Kier molecular flexibility index (Phi) is 6.22. The number of rotatable bonds is 7. The third-order valence-corrected chi connectivity index (χ3v) is 3.85. The number of ether oxygens (including phenoxy) is 2. The highest BCUT2D eigenvalue weighted by Gasteiger charge is 2.12. The van der Waals surface area contributed by atoms with Crippen molar-refractivity contribution in [2.75, 3.05) is 6.61 Å². The Morgan fingerprint density at radius 1 is 1.19 bits per heavy atom. The number of benzene rings is 2. The van der Waals surface area contributed by atoms with Gasteiger partial charge in [-0.05, 0) is 42.8 Å². The predicted octanol–water partition coefficient (Wildman–Crippen LogP) is 4.55. The van der Waals surface area contributed by atoms with Crippen LogP contribution in [-0.2, 0) is 16.1 Å². The Hall–Kier alpha value is -3.12. The average molecular weight is 385 g/mol. The van der Waals surface area contributed by atoms with Crippen LogP contribution in [0.3, 0.4) is 0 Å². The van der Waals surface area contributed by atoms with Crippen molar-refractivity contribution in [3.8, 4) is 17.1 Å². The molecule has 0 aliphatic carbocycles. The Balaban J connectivity index is 1.54. The van der Waals surface area contributed by atoms with E-state index in [0.29, 0.717) is 23.0 Å². The van der Waals surface area contributed by atoms with Crippen LogP contribution in [0.1, 0.15) is 18.4 Å². The largest absolute Gasteiger partial charge is 0.494 e. The molecule has 27 heavy (non-hydrogen) atoms. The lowest BCUT2D eigenvalue weighted by atomic mass is 10.2. The Morgan fingerprint density at radius 2 is 1.96 bits per heavy atom. The van der Waals surface area contributed by atoms with Gasteiger partial charge in [0.2, 0.25) is 5.82 Å². The third-order valence-electron chi connectivity index (χ3n) is 3.52. The lowest BCUT2D eigenvalue weighted by molar-refractivity contribution is -0.139. The zero-order valence-electron chi connectivity index (χ0n) is 14.6. The summed E-state index contributed by atoms with van der Waals surface area (Å²) in [5.74, 6) is 0.800. The van der Waals surface area contributed by atoms with E-state index in [-0.39, 0.29) is 12.5 Å². The van der Waals surface area contributed by atoms with Crippen molar-refractivity contribution in [2.24, 2.45) is 0 Å². The fraction of sp³-hybridized carbons (Fsp3) is 0.150. The van der Waals surface area contributed by atoms with E-state index in [0.717, 1.165) is 11.3 Å². The summed E-state index contributed by atoms with van der Waals surface area (Å²) in [4.78, 5) is 16.0. The van der Waals surface area contributed by atoms with Gasteiger partial charge in [-0.25, -0.2) is 4.79 Å². The van der Waals surface area contributed by atoms with E-state index < -0.39 is 5.97 Å². The van der Waals surface area contributed by atoms with E-state index >= 15 is 0 Å². The molecule has 0 aliphatic heterocycles. The summed E-state index contributed by atoms with van der Waals surface area (Å²) >= 11 is 6.10. The molecule has 0 saturated carbocycles. The Morgan fingerprint density at radius 3 is 2.70 bits per heavy atom. The number of halogens is 1. The smallest absolute Gasteiger partial charge is 0.331 e. The number of carbonyl (C=O) groups is 1. The summed E-state index contributed by atoms with van der Waals surface area (Å²) < 4.78 is 15.6. The number of hydrogen-bond donors (Lipinski definition) is 0. The van der Waals surface area contributed by atoms with Crippen LogP contribution in [-0.4, -0.2) is 22.7 Å². The molecule has 0 N–H and O–H groups in total. The molecular formula is C20H17ClN2O4. The first kappa shape index (κ1) is 18.7. The first-order valence-corrected chi connectivity index (χ1v) is 8.68. The van der Waals surface area contributed by atoms with E-state index in [9.17, 15) is 4.79 Å². The summed E-state index contributed by atoms with van der Waals surface area (Å²) in [5.41, 5.74) is 1.50. The molecule has 6 nitrogen and oxygen atoms in total. The van der Waals surface area contributed by atoms with E-state index in [1.807, 2.05) is 43.3 Å². The van der Waals surface area contributed by atoms with Gasteiger partial charge in [0.05, 0.1) is 11.6 Å². The van der Waals surface area contributed by atoms with Crippen molar-refractivity contribution >= 4 is 23.6 Å². The maximum Gasteiger partial charge on any atom is 0.331 e. The molecule has 7 heteroatoms. The van der Waals surface area contributed by atoms with Crippen LogP contribution < -0.4 is 4.74 Å². The molecule has 1 heterocycles. The van der Waals surface area contributed by atoms with Crippen LogP contribution in [0, 0.1) is 0 Å². The second-order valence-electron chi connectivity index (χ2n) is 5.43. The van der Waals surface area contributed by atoms with Crippen LogP contribution >= 0.6 is 11.6 Å². The van der Waals surface area contributed by atoms with Gasteiger partial charge >= 0.3 is 5.97 Å². The molecule has 0 fully saturated rings. The molecule has 0 amide bonds. The highest BCUT2D eigenvalue weighted by molar-refractivity contribution is 6.33. The topological polar surface area (TPSA) is 74.5 Å². The van der Waals surface area contributed by atoms with Crippen molar-refractivity contribution in [1.82, 2.24) is 10.1 Å². The highest BCUT2D eigenvalue weighted by Crippen LogP contribution is 2.24. The van der Waals surface area contributed by atoms with Gasteiger partial charge in [-0.15, -0.1) is 0 Å².